The zero-order chi connectivity index (χ0) is 4.12. The van der Waals surface area contributed by atoms with E-state index in [0.29, 0.717) is 0 Å². The molecule has 6 heavy (non-hydrogen) atoms. The van der Waals surface area contributed by atoms with Crippen LogP contribution >= 0.6 is 9.90 Å². The van der Waals surface area contributed by atoms with E-state index in [-0.39, 0.29) is 9.90 Å². The van der Waals surface area contributed by atoms with E-state index in [0.717, 1.165) is 21.0 Å². The van der Waals surface area contributed by atoms with Crippen LogP contribution in [0.4, 0.5) is 0 Å². The van der Waals surface area contributed by atoms with Gasteiger partial charge in [0.15, 0.2) is 0 Å². The van der Waals surface area contributed by atoms with Gasteiger partial charge in [-0.1, -0.05) is 0 Å². The van der Waals surface area contributed by atoms with E-state index in [2.05, 4.69) is 0 Å². The van der Waals surface area contributed by atoms with E-state index in [1.165, 1.54) is 0 Å². The lowest BCUT2D eigenvalue weighted by molar-refractivity contribution is 0.513. The molecule has 6 heteroatoms. The van der Waals surface area contributed by atoms with Crippen LogP contribution in [0.3, 0.4) is 0 Å². The summed E-state index contributed by atoms with van der Waals surface area (Å²) in [6.07, 6.45) is 0. The molecular weight excluding hydrogens is 147 g/mol. The quantitative estimate of drug-likeness (QED) is 0.323. The van der Waals surface area contributed by atoms with Gasteiger partial charge in [0.25, 0.3) is 10.0 Å². The molecule has 0 heterocycles. The highest BCUT2D eigenvalue weighted by atomic mass is 31.0. The molecule has 0 fully saturated rings. The molecule has 2 nitrogen and oxygen atoms in total. The minimum absolute atomic E-state index is 0. The SMILES string of the molecule is [P].[SiH3]O[SiH2]O[SiH3]. The summed E-state index contributed by atoms with van der Waals surface area (Å²) in [5.41, 5.74) is 0. The largest absolute Gasteiger partial charge is 0.449 e. The fourth-order valence-electron chi connectivity index (χ4n) is 0.118. The van der Waals surface area contributed by atoms with E-state index in [4.69, 9.17) is 8.23 Å². The lowest BCUT2D eigenvalue weighted by Crippen LogP contribution is -1.96. The van der Waals surface area contributed by atoms with Gasteiger partial charge in [0.2, 0.25) is 0 Å². The predicted octanol–water partition coefficient (Wildman–Crippen LogP) is -2.56. The predicted molar refractivity (Wildman–Crippen MR) is 37.5 cm³/mol. The van der Waals surface area contributed by atoms with Gasteiger partial charge in [-0.05, 0) is 0 Å². The minimum Gasteiger partial charge on any atom is -0.449 e. The molecule has 37 valence electrons. The van der Waals surface area contributed by atoms with Crippen molar-refractivity contribution in [2.45, 2.75) is 0 Å². The van der Waals surface area contributed by atoms with Crippen LogP contribution in [0.2, 0.25) is 0 Å². The molecule has 0 bridgehead atoms. The van der Waals surface area contributed by atoms with Crippen LogP contribution in [0.15, 0.2) is 0 Å². The van der Waals surface area contributed by atoms with Gasteiger partial charge in [-0.15, -0.1) is 0 Å². The Morgan fingerprint density at radius 2 is 1.50 bits per heavy atom. The molecule has 0 saturated carbocycles. The van der Waals surface area contributed by atoms with Gasteiger partial charge in [0, 0.05) is 9.90 Å². The van der Waals surface area contributed by atoms with Crippen molar-refractivity contribution >= 4 is 40.9 Å². The van der Waals surface area contributed by atoms with Crippen LogP contribution in [0.1, 0.15) is 0 Å². The first kappa shape index (κ1) is 10.1. The molecule has 0 aliphatic carbocycles. The molecule has 0 aromatic rings. The maximum Gasteiger partial charge on any atom is 0.282 e. The maximum absolute atomic E-state index is 4.78. The normalized spacial score (nSPS) is 10.0. The third-order valence-electron chi connectivity index (χ3n) is 0.236. The smallest absolute Gasteiger partial charge is 0.282 e. The summed E-state index contributed by atoms with van der Waals surface area (Å²) in [7, 11) is 1.27. The Labute approximate surface area is 49.8 Å². The fraction of sp³-hybridized carbons (Fsp3) is 0. The van der Waals surface area contributed by atoms with Crippen LogP contribution in [0.25, 0.3) is 0 Å². The Hall–Kier alpha value is 1.00. The standard InChI is InChI=1S/H8O2Si3.P/c3-1-5-2-4;/h5H2,3-4H3;. The Kier molecular flexibility index (Phi) is 15.8. The molecule has 0 N–H and O–H groups in total. The van der Waals surface area contributed by atoms with Crippen molar-refractivity contribution in [1.29, 1.82) is 0 Å². The number of hydrogen-bond donors (Lipinski definition) is 0. The second-order valence-electron chi connectivity index (χ2n) is 0.695. The van der Waals surface area contributed by atoms with E-state index in [1.54, 1.807) is 0 Å². The molecule has 0 aliphatic heterocycles. The lowest BCUT2D eigenvalue weighted by atomic mass is 15.8. The third kappa shape index (κ3) is 8.89. The molecular formula is H8O2PSi3. The summed E-state index contributed by atoms with van der Waals surface area (Å²) in [4.78, 5) is 0. The van der Waals surface area contributed by atoms with Gasteiger partial charge < -0.3 is 8.23 Å². The van der Waals surface area contributed by atoms with Crippen molar-refractivity contribution < 1.29 is 8.23 Å². The lowest BCUT2D eigenvalue weighted by Gasteiger charge is -1.87. The molecule has 0 amide bonds. The van der Waals surface area contributed by atoms with Crippen molar-refractivity contribution in [3.63, 3.8) is 0 Å². The molecule has 0 aliphatic rings. The Morgan fingerprint density at radius 1 is 1.17 bits per heavy atom. The highest BCUT2D eigenvalue weighted by molar-refractivity contribution is 6.92. The van der Waals surface area contributed by atoms with Crippen molar-refractivity contribution in [1.82, 2.24) is 0 Å². The minimum atomic E-state index is -0.444. The number of rotatable bonds is 2. The van der Waals surface area contributed by atoms with Crippen LogP contribution in [-0.2, 0) is 8.23 Å². The summed E-state index contributed by atoms with van der Waals surface area (Å²) in [5.74, 6) is 0. The summed E-state index contributed by atoms with van der Waals surface area (Å²) < 4.78 is 9.56. The van der Waals surface area contributed by atoms with Crippen LogP contribution in [-0.4, -0.2) is 31.0 Å². The topological polar surface area (TPSA) is 18.5 Å². The Balaban J connectivity index is 0. The van der Waals surface area contributed by atoms with Crippen LogP contribution in [0.5, 0.6) is 0 Å². The van der Waals surface area contributed by atoms with Gasteiger partial charge >= 0.3 is 0 Å². The van der Waals surface area contributed by atoms with E-state index in [9.17, 15) is 0 Å². The molecule has 0 saturated heterocycles. The van der Waals surface area contributed by atoms with Crippen molar-refractivity contribution in [2.24, 2.45) is 0 Å². The summed E-state index contributed by atoms with van der Waals surface area (Å²) in [6.45, 7) is 0. The first-order valence-corrected chi connectivity index (χ1v) is 4.18. The van der Waals surface area contributed by atoms with Crippen molar-refractivity contribution in [3.05, 3.63) is 0 Å². The average molecular weight is 155 g/mol. The van der Waals surface area contributed by atoms with Crippen LogP contribution in [0, 0.1) is 0 Å². The molecule has 0 aromatic heterocycles. The van der Waals surface area contributed by atoms with Crippen molar-refractivity contribution in [2.75, 3.05) is 0 Å². The number of hydrogen-bond acceptors (Lipinski definition) is 2. The second kappa shape index (κ2) is 9.38. The molecule has 3 radical (unpaired) electrons. The maximum atomic E-state index is 4.78. The van der Waals surface area contributed by atoms with Gasteiger partial charge in [-0.3, -0.25) is 0 Å². The summed E-state index contributed by atoms with van der Waals surface area (Å²) >= 11 is 0. The Morgan fingerprint density at radius 3 is 1.50 bits per heavy atom. The van der Waals surface area contributed by atoms with Crippen molar-refractivity contribution in [3.8, 4) is 0 Å². The van der Waals surface area contributed by atoms with Crippen LogP contribution < -0.4 is 0 Å². The first-order valence-electron chi connectivity index (χ1n) is 1.39. The summed E-state index contributed by atoms with van der Waals surface area (Å²) in [6, 6.07) is 0. The molecule has 0 aromatic carbocycles. The molecule has 0 spiro atoms. The fourth-order valence-corrected chi connectivity index (χ4v) is 3.18. The van der Waals surface area contributed by atoms with Gasteiger partial charge in [0.1, 0.15) is 21.0 Å². The van der Waals surface area contributed by atoms with Gasteiger partial charge in [-0.2, -0.15) is 0 Å². The monoisotopic (exact) mass is 155 g/mol. The summed E-state index contributed by atoms with van der Waals surface area (Å²) in [5, 5.41) is 0. The molecule has 0 rings (SSSR count). The van der Waals surface area contributed by atoms with E-state index >= 15 is 0 Å². The third-order valence-corrected chi connectivity index (χ3v) is 2.12. The van der Waals surface area contributed by atoms with E-state index < -0.39 is 10.0 Å². The highest BCUT2D eigenvalue weighted by Crippen LogP contribution is 1.52. The zero-order valence-corrected chi connectivity index (χ0v) is 10.3. The highest BCUT2D eigenvalue weighted by Gasteiger charge is 1.66. The van der Waals surface area contributed by atoms with Gasteiger partial charge in [0.05, 0.1) is 0 Å². The Bertz CT molecular complexity index is 16.3. The molecule has 0 unspecified atom stereocenters. The average Bonchev–Trinajstić information content (AvgIpc) is 1.41. The first-order chi connectivity index (χ1) is 2.41. The second-order valence-corrected chi connectivity index (χ2v) is 5.55. The zero-order valence-electron chi connectivity index (χ0n) is 3.97. The van der Waals surface area contributed by atoms with E-state index in [1.807, 2.05) is 0 Å². The molecule has 0 atom stereocenters. The van der Waals surface area contributed by atoms with Gasteiger partial charge in [-0.25, -0.2) is 0 Å².